The van der Waals surface area contributed by atoms with Crippen molar-refractivity contribution in [3.63, 3.8) is 0 Å². The molecule has 0 saturated carbocycles. The van der Waals surface area contributed by atoms with Crippen LogP contribution in [0.25, 0.3) is 0 Å². The first-order valence-electron chi connectivity index (χ1n) is 10.5. The lowest BCUT2D eigenvalue weighted by Crippen LogP contribution is -2.54. The molecule has 2 aromatic carbocycles. The van der Waals surface area contributed by atoms with Crippen molar-refractivity contribution in [1.82, 2.24) is 4.90 Å². The first kappa shape index (κ1) is 20.5. The summed E-state index contributed by atoms with van der Waals surface area (Å²) < 4.78 is 0. The predicted molar refractivity (Wildman–Crippen MR) is 122 cm³/mol. The molecule has 4 heterocycles. The first-order chi connectivity index (χ1) is 15.3. The van der Waals surface area contributed by atoms with E-state index in [0.717, 1.165) is 18.4 Å². The number of anilines is 2. The van der Waals surface area contributed by atoms with Crippen molar-refractivity contribution in [2.24, 2.45) is 11.8 Å². The third-order valence-corrected chi connectivity index (χ3v) is 8.38. The van der Waals surface area contributed by atoms with Crippen LogP contribution in [0.3, 0.4) is 0 Å². The van der Waals surface area contributed by atoms with Gasteiger partial charge >= 0.3 is 0 Å². The lowest BCUT2D eigenvalue weighted by atomic mass is 9.75. The van der Waals surface area contributed by atoms with Gasteiger partial charge in [-0.1, -0.05) is 34.8 Å². The number of benzene rings is 2. The molecule has 0 aliphatic carbocycles. The maximum Gasteiger partial charge on any atom is 0.250 e. The highest BCUT2D eigenvalue weighted by Gasteiger charge is 2.74. The lowest BCUT2D eigenvalue weighted by Gasteiger charge is -2.36. The number of nitrogens with zero attached hydrogens (tertiary/aromatic N) is 2. The molecule has 164 valence electrons. The molecule has 4 unspecified atom stereocenters. The Kier molecular flexibility index (Phi) is 4.29. The highest BCUT2D eigenvalue weighted by Crippen LogP contribution is 2.61. The number of rotatable bonds is 1. The SMILES string of the molecule is Cc1cc(Cl)cc2c1NC(=O)C21C2C(=O)N(c3ccc(Cl)c(Cl)c3)C(=O)C2C2CCCN21. The molecule has 6 nitrogen and oxygen atoms in total. The molecule has 0 radical (unpaired) electrons. The second-order valence-corrected chi connectivity index (χ2v) is 10.1. The van der Waals surface area contributed by atoms with Crippen molar-refractivity contribution in [2.75, 3.05) is 16.8 Å². The molecule has 2 aromatic rings. The van der Waals surface area contributed by atoms with Gasteiger partial charge in [0.25, 0.3) is 0 Å². The monoisotopic (exact) mass is 489 g/mol. The second kappa shape index (κ2) is 6.70. The Morgan fingerprint density at radius 1 is 1.03 bits per heavy atom. The minimum Gasteiger partial charge on any atom is -0.324 e. The number of halogens is 3. The standard InChI is InChI=1S/C23H18Cl3N3O3/c1-10-7-11(24)8-13-19(10)27-22(32)23(13)18-17(16-3-2-6-28(16)23)20(30)29(21(18)31)12-4-5-14(25)15(26)9-12/h4-5,7-9,16-18H,2-3,6H2,1H3,(H,27,32). The van der Waals surface area contributed by atoms with Crippen LogP contribution in [0.15, 0.2) is 30.3 Å². The van der Waals surface area contributed by atoms with Crippen LogP contribution < -0.4 is 10.2 Å². The number of nitrogens with one attached hydrogen (secondary N) is 1. The number of fused-ring (bicyclic) bond motifs is 7. The van der Waals surface area contributed by atoms with Gasteiger partial charge in [0.1, 0.15) is 5.54 Å². The van der Waals surface area contributed by atoms with E-state index >= 15 is 0 Å². The molecule has 3 fully saturated rings. The van der Waals surface area contributed by atoms with Gasteiger partial charge in [0, 0.05) is 22.3 Å². The van der Waals surface area contributed by atoms with Crippen molar-refractivity contribution >= 4 is 63.9 Å². The summed E-state index contributed by atoms with van der Waals surface area (Å²) in [6.07, 6.45) is 1.60. The van der Waals surface area contributed by atoms with Crippen LogP contribution in [0, 0.1) is 18.8 Å². The largest absolute Gasteiger partial charge is 0.324 e. The van der Waals surface area contributed by atoms with Crippen LogP contribution in [-0.2, 0) is 19.9 Å². The molecule has 3 saturated heterocycles. The average Bonchev–Trinajstić information content (AvgIpc) is 3.44. The molecule has 0 bridgehead atoms. The van der Waals surface area contributed by atoms with Gasteiger partial charge in [0.05, 0.1) is 27.6 Å². The van der Waals surface area contributed by atoms with Gasteiger partial charge in [0.15, 0.2) is 0 Å². The zero-order valence-electron chi connectivity index (χ0n) is 17.0. The highest BCUT2D eigenvalue weighted by molar-refractivity contribution is 6.42. The summed E-state index contributed by atoms with van der Waals surface area (Å²) in [6.45, 7) is 2.52. The Labute approximate surface area is 199 Å². The smallest absolute Gasteiger partial charge is 0.250 e. The molecule has 1 N–H and O–H groups in total. The summed E-state index contributed by atoms with van der Waals surface area (Å²) in [5.74, 6) is -2.42. The quantitative estimate of drug-likeness (QED) is 0.602. The highest BCUT2D eigenvalue weighted by atomic mass is 35.5. The third-order valence-electron chi connectivity index (χ3n) is 7.42. The summed E-state index contributed by atoms with van der Waals surface area (Å²) in [4.78, 5) is 44.5. The summed E-state index contributed by atoms with van der Waals surface area (Å²) in [7, 11) is 0. The molecule has 1 spiro atoms. The van der Waals surface area contributed by atoms with E-state index in [1.54, 1.807) is 24.3 Å². The fraction of sp³-hybridized carbons (Fsp3) is 0.348. The van der Waals surface area contributed by atoms with E-state index in [1.807, 2.05) is 6.92 Å². The van der Waals surface area contributed by atoms with Crippen molar-refractivity contribution in [2.45, 2.75) is 31.3 Å². The van der Waals surface area contributed by atoms with Gasteiger partial charge < -0.3 is 5.32 Å². The van der Waals surface area contributed by atoms with Gasteiger partial charge in [-0.15, -0.1) is 0 Å². The maximum absolute atomic E-state index is 13.9. The Morgan fingerprint density at radius 3 is 2.56 bits per heavy atom. The molecular weight excluding hydrogens is 473 g/mol. The number of amides is 3. The normalized spacial score (nSPS) is 30.8. The molecule has 6 rings (SSSR count). The second-order valence-electron chi connectivity index (χ2n) is 8.88. The molecule has 0 aromatic heterocycles. The van der Waals surface area contributed by atoms with E-state index in [2.05, 4.69) is 10.2 Å². The van der Waals surface area contributed by atoms with Crippen molar-refractivity contribution < 1.29 is 14.4 Å². The summed E-state index contributed by atoms with van der Waals surface area (Å²) >= 11 is 18.6. The fourth-order valence-electron chi connectivity index (χ4n) is 6.31. The van der Waals surface area contributed by atoms with E-state index in [9.17, 15) is 14.4 Å². The number of hydrogen-bond donors (Lipinski definition) is 1. The van der Waals surface area contributed by atoms with Crippen LogP contribution in [0.2, 0.25) is 15.1 Å². The van der Waals surface area contributed by atoms with Crippen LogP contribution >= 0.6 is 34.8 Å². The molecule has 3 amide bonds. The summed E-state index contributed by atoms with van der Waals surface area (Å²) in [5, 5.41) is 4.08. The zero-order chi connectivity index (χ0) is 22.5. The van der Waals surface area contributed by atoms with Crippen molar-refractivity contribution in [3.05, 3.63) is 56.5 Å². The molecule has 9 heteroatoms. The van der Waals surface area contributed by atoms with Gasteiger partial charge in [0.2, 0.25) is 17.7 Å². The zero-order valence-corrected chi connectivity index (χ0v) is 19.3. The number of carbonyl (C=O) groups excluding carboxylic acids is 3. The minimum atomic E-state index is -1.26. The number of carbonyl (C=O) groups is 3. The van der Waals surface area contributed by atoms with E-state index in [-0.39, 0.29) is 22.9 Å². The van der Waals surface area contributed by atoms with Crippen LogP contribution in [0.4, 0.5) is 11.4 Å². The number of aryl methyl sites for hydroxylation is 1. The van der Waals surface area contributed by atoms with Crippen molar-refractivity contribution in [3.8, 4) is 0 Å². The summed E-state index contributed by atoms with van der Waals surface area (Å²) in [6, 6.07) is 8.04. The van der Waals surface area contributed by atoms with Crippen LogP contribution in [0.5, 0.6) is 0 Å². The molecule has 4 aliphatic rings. The Bertz CT molecular complexity index is 1250. The van der Waals surface area contributed by atoms with E-state index in [4.69, 9.17) is 34.8 Å². The molecule has 4 aliphatic heterocycles. The maximum atomic E-state index is 13.9. The van der Waals surface area contributed by atoms with E-state index < -0.39 is 23.3 Å². The van der Waals surface area contributed by atoms with E-state index in [1.165, 1.54) is 11.0 Å². The summed E-state index contributed by atoms with van der Waals surface area (Å²) in [5.41, 5.74) is 1.30. The van der Waals surface area contributed by atoms with Gasteiger partial charge in [-0.25, -0.2) is 4.90 Å². The first-order valence-corrected chi connectivity index (χ1v) is 11.6. The van der Waals surface area contributed by atoms with Gasteiger partial charge in [-0.3, -0.25) is 19.3 Å². The van der Waals surface area contributed by atoms with Crippen LogP contribution in [-0.4, -0.2) is 35.2 Å². The molecule has 4 atom stereocenters. The predicted octanol–water partition coefficient (Wildman–Crippen LogP) is 4.39. The topological polar surface area (TPSA) is 69.7 Å². The molecular formula is C23H18Cl3N3O3. The number of hydrogen-bond acceptors (Lipinski definition) is 4. The minimum absolute atomic E-state index is 0.194. The Balaban J connectivity index is 1.57. The van der Waals surface area contributed by atoms with Crippen LogP contribution in [0.1, 0.15) is 24.0 Å². The number of imide groups is 1. The Morgan fingerprint density at radius 2 is 1.81 bits per heavy atom. The average molecular weight is 491 g/mol. The van der Waals surface area contributed by atoms with Gasteiger partial charge in [-0.05, 0) is 62.2 Å². The lowest BCUT2D eigenvalue weighted by molar-refractivity contribution is -0.135. The molecule has 32 heavy (non-hydrogen) atoms. The van der Waals surface area contributed by atoms with Gasteiger partial charge in [-0.2, -0.15) is 0 Å². The Hall–Kier alpha value is -2.12. The van der Waals surface area contributed by atoms with Crippen molar-refractivity contribution in [1.29, 1.82) is 0 Å². The van der Waals surface area contributed by atoms with E-state index in [0.29, 0.717) is 33.5 Å². The fourth-order valence-corrected chi connectivity index (χ4v) is 6.88. The third kappa shape index (κ3) is 2.34.